The molecular formula is C81H96F6N10O14Si. The number of pyridine rings is 3. The van der Waals surface area contributed by atoms with Crippen LogP contribution in [0.15, 0.2) is 110 Å². The lowest BCUT2D eigenvalue weighted by Crippen LogP contribution is -2.51. The maximum atomic E-state index is 13.4. The van der Waals surface area contributed by atoms with Gasteiger partial charge in [-0.25, -0.2) is 15.0 Å². The molecule has 3 aliphatic carbocycles. The van der Waals surface area contributed by atoms with E-state index in [0.717, 1.165) is 90.9 Å². The first kappa shape index (κ1) is 80.4. The molecule has 0 unspecified atom stereocenters. The van der Waals surface area contributed by atoms with Gasteiger partial charge in [-0.15, -0.1) is 0 Å². The number of halogens is 6. The van der Waals surface area contributed by atoms with Crippen LogP contribution in [-0.2, 0) is 4.43 Å². The van der Waals surface area contributed by atoms with Crippen LogP contribution in [0.5, 0.6) is 51.7 Å². The quantitative estimate of drug-likeness (QED) is 0.0190. The molecule has 3 aliphatic heterocycles. The SMILES string of the molecule is COc1cc(-c2cnc3cc(OCC4CN(CCO)C4)ccn23)cc(OC(F)F)c1C(=O)NC1CC1.COc1cc(-c2cnc3cc(OCC4CN(CCO[Si](C)(C)C(C)(C)C)C4)ccn23)cc(OC(F)F)c1C(=O)CC1CC1.COc1cc(-c2cnc3cc(OCC4CNC4)ccn23)cc(OC(F)F)c1C(=O)CC1CC1. The minimum Gasteiger partial charge on any atom is -0.496 e. The number of β-amino-alcohol motifs (C(OH)–C–C–N with tert-alkyl or cyclic N) is 1. The van der Waals surface area contributed by atoms with Gasteiger partial charge in [0.05, 0.1) is 83.4 Å². The van der Waals surface area contributed by atoms with E-state index in [-0.39, 0.29) is 86.9 Å². The van der Waals surface area contributed by atoms with Gasteiger partial charge in [0.1, 0.15) is 85.4 Å². The average molecular weight is 1580 g/mol. The standard InChI is InChI=1S/C32H43F2N3O5Si.C25H28F2N4O5.C24H25F2N3O4/c1-32(2,3)43(5,6)41-12-11-36-18-22(19-36)20-40-24-9-10-37-25(17-35-29(37)16-24)23-14-27(39-4)30(26(38)13-21-7-8-21)28(15-23)42-31(33)34;1-34-20-8-16(9-21(36-25(26)27)23(20)24(33)29-17-2-3-17)19-11-28-22-10-18(4-5-31(19)22)35-14-15-12-30(13-15)6-7-32;1-31-20-7-16(8-21(33-24(25)26)23(20)19(30)6-14-2-3-14)18-12-28-22-9-17(4-5-29(18)22)32-13-15-10-27-11-15/h9-10,14-17,21-22,31H,7-8,11-13,18-20H2,1-6H3;4-5,8-11,15,17,25,32H,2-3,6-7,12-14H2,1H3,(H,29,33);4-5,7-9,12,14-15,24,27H,2-3,6,10-11,13H2,1H3. The first-order chi connectivity index (χ1) is 53.8. The summed E-state index contributed by atoms with van der Waals surface area (Å²) in [6.45, 7) is 12.1. The number of nitrogens with one attached hydrogen (secondary N) is 2. The van der Waals surface area contributed by atoms with Crippen LogP contribution in [-0.4, -0.2) is 201 Å². The predicted octanol–water partition coefficient (Wildman–Crippen LogP) is 13.9. The Bertz CT molecular complexity index is 4800. The van der Waals surface area contributed by atoms with Gasteiger partial charge in [-0.3, -0.25) is 27.6 Å². The molecule has 9 aromatic rings. The fourth-order valence-corrected chi connectivity index (χ4v) is 14.6. The average Bonchev–Trinajstić information content (AvgIpc) is 1.57. The molecule has 15 rings (SSSR count). The van der Waals surface area contributed by atoms with Gasteiger partial charge in [0.15, 0.2) is 19.9 Å². The number of nitrogens with zero attached hydrogens (tertiary/aromatic N) is 8. The molecule has 3 N–H and O–H groups in total. The Morgan fingerprint density at radius 1 is 0.518 bits per heavy atom. The highest BCUT2D eigenvalue weighted by Crippen LogP contribution is 2.45. The van der Waals surface area contributed by atoms with Crippen molar-refractivity contribution in [2.75, 3.05) is 107 Å². The van der Waals surface area contributed by atoms with Crippen LogP contribution in [0.4, 0.5) is 26.3 Å². The number of aliphatic hydroxyl groups is 1. The van der Waals surface area contributed by atoms with Crippen molar-refractivity contribution in [1.29, 1.82) is 0 Å². The number of Topliss-reactive ketones (excluding diaryl/α,β-unsaturated/α-hetero) is 2. The van der Waals surface area contributed by atoms with Gasteiger partial charge in [-0.1, -0.05) is 20.8 Å². The normalized spacial score (nSPS) is 16.3. The summed E-state index contributed by atoms with van der Waals surface area (Å²) in [7, 11) is 2.49. The monoisotopic (exact) mass is 1570 g/mol. The molecule has 600 valence electrons. The highest BCUT2D eigenvalue weighted by molar-refractivity contribution is 6.74. The van der Waals surface area contributed by atoms with Crippen LogP contribution in [0, 0.1) is 29.6 Å². The Kier molecular flexibility index (Phi) is 25.2. The zero-order valence-corrected chi connectivity index (χ0v) is 65.0. The number of carbonyl (C=O) groups is 3. The van der Waals surface area contributed by atoms with E-state index in [1.54, 1.807) is 53.5 Å². The number of aromatic nitrogens is 6. The number of aliphatic hydroxyl groups excluding tert-OH is 1. The number of imidazole rings is 3. The highest BCUT2D eigenvalue weighted by atomic mass is 28.4. The van der Waals surface area contributed by atoms with Gasteiger partial charge in [0.2, 0.25) is 0 Å². The number of rotatable bonds is 35. The Balaban J connectivity index is 0.000000148. The molecule has 6 fully saturated rings. The molecule has 0 bridgehead atoms. The number of fused-ring (bicyclic) bond motifs is 3. The van der Waals surface area contributed by atoms with Crippen LogP contribution in [0.25, 0.3) is 50.7 Å². The van der Waals surface area contributed by atoms with Crippen molar-refractivity contribution in [2.45, 2.75) is 116 Å². The van der Waals surface area contributed by atoms with Crippen molar-refractivity contribution in [3.05, 3.63) is 127 Å². The number of alkyl halides is 6. The summed E-state index contributed by atoms with van der Waals surface area (Å²) in [4.78, 5) is 56.5. The van der Waals surface area contributed by atoms with Gasteiger partial charge in [0.25, 0.3) is 5.91 Å². The summed E-state index contributed by atoms with van der Waals surface area (Å²) < 4.78 is 140. The molecular weight excluding hydrogens is 1480 g/mol. The fourth-order valence-electron chi connectivity index (χ4n) is 13.5. The van der Waals surface area contributed by atoms with Crippen LogP contribution in [0.3, 0.4) is 0 Å². The number of hydrogen-bond acceptors (Lipinski definition) is 20. The van der Waals surface area contributed by atoms with Crippen molar-refractivity contribution in [1.82, 2.24) is 48.6 Å². The molecule has 3 saturated heterocycles. The first-order valence-electron chi connectivity index (χ1n) is 37.9. The number of carbonyl (C=O) groups excluding carboxylic acids is 3. The van der Waals surface area contributed by atoms with Crippen LogP contribution in [0.1, 0.15) is 103 Å². The van der Waals surface area contributed by atoms with E-state index in [0.29, 0.717) is 130 Å². The molecule has 3 saturated carbocycles. The third-order valence-corrected chi connectivity index (χ3v) is 25.9. The number of ether oxygens (including phenoxy) is 9. The summed E-state index contributed by atoms with van der Waals surface area (Å²) in [6, 6.07) is 20.3. The molecule has 0 atom stereocenters. The van der Waals surface area contributed by atoms with Gasteiger partial charge >= 0.3 is 19.8 Å². The smallest absolute Gasteiger partial charge is 0.387 e. The van der Waals surface area contributed by atoms with E-state index in [9.17, 15) is 40.7 Å². The number of hydrogen-bond donors (Lipinski definition) is 3. The second kappa shape index (κ2) is 35.2. The first-order valence-corrected chi connectivity index (χ1v) is 40.8. The number of methoxy groups -OCH3 is 3. The third kappa shape index (κ3) is 19.9. The molecule has 0 radical (unpaired) electrons. The minimum atomic E-state index is -3.11. The fraction of sp³-hybridized carbons (Fsp3) is 0.481. The molecule has 6 aliphatic rings. The highest BCUT2D eigenvalue weighted by Gasteiger charge is 2.39. The Labute approximate surface area is 646 Å². The van der Waals surface area contributed by atoms with E-state index >= 15 is 0 Å². The largest absolute Gasteiger partial charge is 0.496 e. The molecule has 0 spiro atoms. The number of ketones is 2. The molecule has 1 amide bonds. The summed E-state index contributed by atoms with van der Waals surface area (Å²) in [5, 5.41) is 15.2. The van der Waals surface area contributed by atoms with E-state index in [1.807, 2.05) is 51.5 Å². The van der Waals surface area contributed by atoms with Crippen LogP contribution in [0.2, 0.25) is 18.1 Å². The molecule has 9 heterocycles. The summed E-state index contributed by atoms with van der Waals surface area (Å²) >= 11 is 0. The topological polar surface area (TPSA) is 246 Å². The van der Waals surface area contributed by atoms with Gasteiger partial charge < -0.3 is 72.6 Å². The zero-order chi connectivity index (χ0) is 79.1. The van der Waals surface area contributed by atoms with Crippen molar-refractivity contribution in [2.24, 2.45) is 29.6 Å². The van der Waals surface area contributed by atoms with Crippen molar-refractivity contribution in [3.63, 3.8) is 0 Å². The number of likely N-dealkylation sites (tertiary alicyclic amines) is 2. The van der Waals surface area contributed by atoms with Crippen molar-refractivity contribution >= 4 is 42.7 Å². The van der Waals surface area contributed by atoms with Crippen molar-refractivity contribution < 1.29 is 92.9 Å². The Morgan fingerprint density at radius 3 is 1.22 bits per heavy atom. The number of amides is 1. The molecule has 112 heavy (non-hydrogen) atoms. The summed E-state index contributed by atoms with van der Waals surface area (Å²) in [5.41, 5.74) is 5.48. The summed E-state index contributed by atoms with van der Waals surface area (Å²) in [6.07, 6.45) is 16.5. The molecule has 31 heteroatoms. The summed E-state index contributed by atoms with van der Waals surface area (Å²) in [5.74, 6) is 2.97. The lowest BCUT2D eigenvalue weighted by Gasteiger charge is -2.41. The van der Waals surface area contributed by atoms with E-state index in [4.69, 9.17) is 52.2 Å². The lowest BCUT2D eigenvalue weighted by molar-refractivity contribution is -0.0509. The minimum absolute atomic E-state index is 0.0419. The van der Waals surface area contributed by atoms with Crippen LogP contribution < -0.4 is 53.3 Å². The van der Waals surface area contributed by atoms with Gasteiger partial charge in [-0.2, -0.15) is 26.3 Å². The maximum Gasteiger partial charge on any atom is 0.387 e. The maximum absolute atomic E-state index is 13.4. The molecule has 6 aromatic heterocycles. The predicted molar refractivity (Wildman–Crippen MR) is 408 cm³/mol. The van der Waals surface area contributed by atoms with E-state index in [1.165, 1.54) is 39.5 Å². The second-order valence-corrected chi connectivity index (χ2v) is 35.7. The lowest BCUT2D eigenvalue weighted by atomic mass is 10.00. The molecule has 24 nitrogen and oxygen atoms in total. The van der Waals surface area contributed by atoms with E-state index < -0.39 is 34.1 Å². The Morgan fingerprint density at radius 2 is 0.884 bits per heavy atom. The van der Waals surface area contributed by atoms with Crippen LogP contribution >= 0.6 is 0 Å². The van der Waals surface area contributed by atoms with Crippen molar-refractivity contribution in [3.8, 4) is 85.5 Å². The van der Waals surface area contributed by atoms with E-state index in [2.05, 4.69) is 69.3 Å². The second-order valence-electron chi connectivity index (χ2n) is 30.9. The Hall–Kier alpha value is -9.66. The van der Waals surface area contributed by atoms with Gasteiger partial charge in [-0.05, 0) is 123 Å². The van der Waals surface area contributed by atoms with Gasteiger partial charge in [0, 0.05) is 149 Å². The molecule has 3 aromatic carbocycles. The zero-order valence-electron chi connectivity index (χ0n) is 64.0. The third-order valence-electron chi connectivity index (χ3n) is 21.4. The number of benzene rings is 3.